The van der Waals surface area contributed by atoms with Crippen molar-refractivity contribution in [2.75, 3.05) is 12.4 Å². The van der Waals surface area contributed by atoms with Gasteiger partial charge in [0.05, 0.1) is 11.7 Å². The number of amides is 1. The van der Waals surface area contributed by atoms with Crippen molar-refractivity contribution in [1.82, 2.24) is 15.2 Å². The summed E-state index contributed by atoms with van der Waals surface area (Å²) < 4.78 is 11.4. The van der Waals surface area contributed by atoms with E-state index in [1.807, 2.05) is 48.5 Å². The highest BCUT2D eigenvalue weighted by molar-refractivity contribution is 5.93. The number of fused-ring (bicyclic) bond motifs is 1. The van der Waals surface area contributed by atoms with Crippen molar-refractivity contribution >= 4 is 22.7 Å². The number of hydrogen-bond acceptors (Lipinski definition) is 5. The van der Waals surface area contributed by atoms with Crippen LogP contribution in [0, 0.1) is 5.92 Å². The van der Waals surface area contributed by atoms with E-state index in [1.165, 1.54) is 0 Å². The van der Waals surface area contributed by atoms with Gasteiger partial charge in [-0.15, -0.1) is 0 Å². The fourth-order valence-electron chi connectivity index (χ4n) is 4.25. The molecule has 2 heterocycles. The second-order valence-corrected chi connectivity index (χ2v) is 7.93. The first-order valence-electron chi connectivity index (χ1n) is 10.5. The van der Waals surface area contributed by atoms with Crippen molar-refractivity contribution in [2.45, 2.75) is 31.8 Å². The fourth-order valence-corrected chi connectivity index (χ4v) is 4.25. The lowest BCUT2D eigenvalue weighted by molar-refractivity contribution is -0.122. The zero-order valence-corrected chi connectivity index (χ0v) is 17.3. The first-order valence-corrected chi connectivity index (χ1v) is 10.5. The lowest BCUT2D eigenvalue weighted by Gasteiger charge is -2.27. The number of hydrogen-bond donors (Lipinski definition) is 2. The predicted molar refractivity (Wildman–Crippen MR) is 118 cm³/mol. The Morgan fingerprint density at radius 2 is 2.10 bits per heavy atom. The number of rotatable bonds is 5. The van der Waals surface area contributed by atoms with Crippen molar-refractivity contribution in [3.63, 3.8) is 0 Å². The number of para-hydroxylation sites is 2. The third kappa shape index (κ3) is 3.96. The van der Waals surface area contributed by atoms with Crippen molar-refractivity contribution in [3.05, 3.63) is 54.7 Å². The highest BCUT2D eigenvalue weighted by Gasteiger charge is 2.27. The zero-order chi connectivity index (χ0) is 21.2. The molecule has 2 aromatic heterocycles. The van der Waals surface area contributed by atoms with Gasteiger partial charge < -0.3 is 14.5 Å². The van der Waals surface area contributed by atoms with Crippen LogP contribution in [0.2, 0.25) is 0 Å². The van der Waals surface area contributed by atoms with Crippen LogP contribution in [0.4, 0.5) is 5.69 Å². The second-order valence-electron chi connectivity index (χ2n) is 7.93. The zero-order valence-electron chi connectivity index (χ0n) is 17.3. The molecule has 0 aliphatic heterocycles. The van der Waals surface area contributed by atoms with Gasteiger partial charge in [-0.2, -0.15) is 5.10 Å². The maximum absolute atomic E-state index is 12.8. The van der Waals surface area contributed by atoms with Gasteiger partial charge in [-0.25, -0.2) is 4.98 Å². The molecule has 7 nitrogen and oxygen atoms in total. The Bertz CT molecular complexity index is 1180. The first kappa shape index (κ1) is 19.5. The molecule has 1 aliphatic rings. The number of benzene rings is 2. The third-order valence-corrected chi connectivity index (χ3v) is 5.90. The Morgan fingerprint density at radius 1 is 1.19 bits per heavy atom. The van der Waals surface area contributed by atoms with E-state index in [2.05, 4.69) is 20.5 Å². The van der Waals surface area contributed by atoms with Gasteiger partial charge in [0.15, 0.2) is 5.58 Å². The number of nitrogens with zero attached hydrogens (tertiary/aromatic N) is 2. The summed E-state index contributed by atoms with van der Waals surface area (Å²) in [7, 11) is 1.72. The van der Waals surface area contributed by atoms with E-state index in [1.54, 1.807) is 13.3 Å². The summed E-state index contributed by atoms with van der Waals surface area (Å²) in [6, 6.07) is 15.3. The molecule has 2 atom stereocenters. The average molecular weight is 416 g/mol. The number of ether oxygens (including phenoxy) is 1. The summed E-state index contributed by atoms with van der Waals surface area (Å²) in [4.78, 5) is 17.4. The van der Waals surface area contributed by atoms with Crippen LogP contribution in [0.5, 0.6) is 0 Å². The highest BCUT2D eigenvalue weighted by Crippen LogP contribution is 2.33. The van der Waals surface area contributed by atoms with Crippen LogP contribution >= 0.6 is 0 Å². The van der Waals surface area contributed by atoms with Gasteiger partial charge in [0, 0.05) is 30.5 Å². The van der Waals surface area contributed by atoms with Gasteiger partial charge >= 0.3 is 0 Å². The van der Waals surface area contributed by atoms with Crippen molar-refractivity contribution in [3.8, 4) is 22.7 Å². The summed E-state index contributed by atoms with van der Waals surface area (Å²) >= 11 is 0. The lowest BCUT2D eigenvalue weighted by Crippen LogP contribution is -2.30. The van der Waals surface area contributed by atoms with Crippen LogP contribution < -0.4 is 5.32 Å². The molecular weight excluding hydrogens is 392 g/mol. The van der Waals surface area contributed by atoms with Gasteiger partial charge in [0.2, 0.25) is 11.8 Å². The van der Waals surface area contributed by atoms with Gasteiger partial charge in [0.25, 0.3) is 0 Å². The molecule has 2 unspecified atom stereocenters. The molecule has 0 spiro atoms. The normalized spacial score (nSPS) is 18.9. The Labute approximate surface area is 179 Å². The minimum atomic E-state index is -0.0250. The summed E-state index contributed by atoms with van der Waals surface area (Å²) in [5.74, 6) is 0.523. The van der Waals surface area contributed by atoms with Crippen LogP contribution in [0.1, 0.15) is 25.7 Å². The largest absolute Gasteiger partial charge is 0.436 e. The number of H-pyrrole nitrogens is 1. The lowest BCUT2D eigenvalue weighted by atomic mass is 9.86. The third-order valence-electron chi connectivity index (χ3n) is 5.90. The van der Waals surface area contributed by atoms with E-state index < -0.39 is 0 Å². The molecule has 1 fully saturated rings. The molecule has 1 aliphatic carbocycles. The molecule has 0 bridgehead atoms. The molecule has 7 heteroatoms. The van der Waals surface area contributed by atoms with Crippen molar-refractivity contribution in [1.29, 1.82) is 0 Å². The Balaban J connectivity index is 1.39. The fraction of sp³-hybridized carbons (Fsp3) is 0.292. The smallest absolute Gasteiger partial charge is 0.231 e. The van der Waals surface area contributed by atoms with Gasteiger partial charge in [0.1, 0.15) is 11.2 Å². The van der Waals surface area contributed by atoms with Crippen LogP contribution in [0.3, 0.4) is 0 Å². The number of anilines is 1. The molecule has 5 rings (SSSR count). The Kier molecular flexibility index (Phi) is 5.26. The maximum atomic E-state index is 12.8. The van der Waals surface area contributed by atoms with E-state index in [4.69, 9.17) is 9.15 Å². The molecule has 2 aromatic carbocycles. The van der Waals surface area contributed by atoms with Crippen LogP contribution in [0.15, 0.2) is 59.1 Å². The molecule has 31 heavy (non-hydrogen) atoms. The average Bonchev–Trinajstić information content (AvgIpc) is 3.46. The van der Waals surface area contributed by atoms with Crippen LogP contribution in [-0.2, 0) is 9.53 Å². The molecule has 2 N–H and O–H groups in total. The Morgan fingerprint density at radius 3 is 2.97 bits per heavy atom. The molecule has 0 saturated heterocycles. The first-order chi connectivity index (χ1) is 15.2. The van der Waals surface area contributed by atoms with E-state index in [9.17, 15) is 4.79 Å². The topological polar surface area (TPSA) is 93.0 Å². The maximum Gasteiger partial charge on any atom is 0.231 e. The number of carbonyl (C=O) groups excluding carboxylic acids is 1. The van der Waals surface area contributed by atoms with E-state index in [-0.39, 0.29) is 17.9 Å². The minimum Gasteiger partial charge on any atom is -0.436 e. The number of methoxy groups -OCH3 is 1. The number of nitrogens with one attached hydrogen (secondary N) is 2. The standard InChI is InChI=1S/C24H24N4O3/c1-30-18-9-5-7-16(13-18)23(29)26-17-8-4-6-15(12-17)22-19(14-25-28-22)24-27-20-10-2-3-11-21(20)31-24/h2-4,6,8,10-12,14,16,18H,5,7,9,13H2,1H3,(H,25,28)(H,26,29). The number of carbonyl (C=O) groups is 1. The van der Waals surface area contributed by atoms with Crippen LogP contribution in [-0.4, -0.2) is 34.3 Å². The molecular formula is C24H24N4O3. The van der Waals surface area contributed by atoms with Gasteiger partial charge in [-0.05, 0) is 43.5 Å². The predicted octanol–water partition coefficient (Wildman–Crippen LogP) is 5.03. The monoisotopic (exact) mass is 416 g/mol. The SMILES string of the molecule is COC1CCCC(C(=O)Nc2cccc(-c3n[nH]cc3-c3nc4ccccc4o3)c2)C1. The van der Waals surface area contributed by atoms with E-state index in [0.717, 1.165) is 59.3 Å². The van der Waals surface area contributed by atoms with E-state index in [0.29, 0.717) is 5.89 Å². The van der Waals surface area contributed by atoms with E-state index >= 15 is 0 Å². The minimum absolute atomic E-state index is 0.0250. The van der Waals surface area contributed by atoms with Gasteiger partial charge in [-0.3, -0.25) is 9.89 Å². The van der Waals surface area contributed by atoms with Crippen molar-refractivity contribution < 1.29 is 13.9 Å². The van der Waals surface area contributed by atoms with Crippen LogP contribution in [0.25, 0.3) is 33.8 Å². The Hall–Kier alpha value is -3.45. The van der Waals surface area contributed by atoms with Crippen molar-refractivity contribution in [2.24, 2.45) is 5.92 Å². The molecule has 158 valence electrons. The summed E-state index contributed by atoms with van der Waals surface area (Å²) in [5.41, 5.74) is 4.64. The molecule has 1 amide bonds. The quantitative estimate of drug-likeness (QED) is 0.476. The van der Waals surface area contributed by atoms with Gasteiger partial charge in [-0.1, -0.05) is 30.7 Å². The number of oxazole rings is 1. The molecule has 1 saturated carbocycles. The second kappa shape index (κ2) is 8.35. The number of aromatic amines is 1. The molecule has 4 aromatic rings. The summed E-state index contributed by atoms with van der Waals surface area (Å²) in [5, 5.41) is 10.4. The highest BCUT2D eigenvalue weighted by atomic mass is 16.5. The number of aromatic nitrogens is 3. The molecule has 0 radical (unpaired) electrons. The summed E-state index contributed by atoms with van der Waals surface area (Å²) in [6.07, 6.45) is 5.64. The summed E-state index contributed by atoms with van der Waals surface area (Å²) in [6.45, 7) is 0.